The second-order valence-corrected chi connectivity index (χ2v) is 4.74. The molecule has 3 rings (SSSR count). The van der Waals surface area contributed by atoms with E-state index in [0.717, 1.165) is 0 Å². The number of nitrogens with one attached hydrogen (secondary N) is 2. The summed E-state index contributed by atoms with van der Waals surface area (Å²) in [7, 11) is 0. The Morgan fingerprint density at radius 2 is 2.05 bits per heavy atom. The maximum atomic E-state index is 13.3. The van der Waals surface area contributed by atoms with Gasteiger partial charge < -0.3 is 16.4 Å². The molecule has 2 aromatic carbocycles. The highest BCUT2D eigenvalue weighted by Crippen LogP contribution is 2.33. The van der Waals surface area contributed by atoms with Gasteiger partial charge in [-0.3, -0.25) is 9.59 Å². The Morgan fingerprint density at radius 1 is 1.24 bits per heavy atom. The lowest BCUT2D eigenvalue weighted by Crippen LogP contribution is -2.20. The maximum absolute atomic E-state index is 13.3. The zero-order valence-corrected chi connectivity index (χ0v) is 10.9. The number of carbonyl (C=O) groups excluding carboxylic acids is 2. The molecule has 4 N–H and O–H groups in total. The van der Waals surface area contributed by atoms with Crippen LogP contribution < -0.4 is 16.4 Å². The molecule has 21 heavy (non-hydrogen) atoms. The van der Waals surface area contributed by atoms with Crippen molar-refractivity contribution in [1.29, 1.82) is 0 Å². The van der Waals surface area contributed by atoms with E-state index < -0.39 is 17.8 Å². The SMILES string of the molecule is NC(=O)c1cccc(NC2C(=O)Nc3ccc(F)cc32)c1. The molecular weight excluding hydrogens is 273 g/mol. The number of halogens is 1. The fraction of sp³-hybridized carbons (Fsp3) is 0.0667. The van der Waals surface area contributed by atoms with Crippen LogP contribution in [0.2, 0.25) is 0 Å². The van der Waals surface area contributed by atoms with Crippen molar-refractivity contribution >= 4 is 23.2 Å². The standard InChI is InChI=1S/C15H12FN3O2/c16-9-4-5-12-11(7-9)13(15(21)19-12)18-10-3-1-2-8(6-10)14(17)20/h1-7,13,18H,(H2,17,20)(H,19,21). The molecule has 0 radical (unpaired) electrons. The molecule has 1 unspecified atom stereocenters. The minimum Gasteiger partial charge on any atom is -0.370 e. The van der Waals surface area contributed by atoms with Gasteiger partial charge in [0.15, 0.2) is 0 Å². The van der Waals surface area contributed by atoms with E-state index in [2.05, 4.69) is 10.6 Å². The molecule has 0 saturated heterocycles. The number of anilines is 2. The monoisotopic (exact) mass is 285 g/mol. The minimum absolute atomic E-state index is 0.278. The van der Waals surface area contributed by atoms with E-state index >= 15 is 0 Å². The summed E-state index contributed by atoms with van der Waals surface area (Å²) in [6, 6.07) is 9.89. The van der Waals surface area contributed by atoms with Gasteiger partial charge in [-0.25, -0.2) is 4.39 Å². The molecule has 6 heteroatoms. The Labute approximate surface area is 120 Å². The van der Waals surface area contributed by atoms with Gasteiger partial charge in [-0.15, -0.1) is 0 Å². The van der Waals surface area contributed by atoms with Gasteiger partial charge in [0.05, 0.1) is 0 Å². The lowest BCUT2D eigenvalue weighted by Gasteiger charge is -2.13. The molecule has 0 fully saturated rings. The van der Waals surface area contributed by atoms with Crippen molar-refractivity contribution in [3.05, 3.63) is 59.4 Å². The maximum Gasteiger partial charge on any atom is 0.251 e. The number of primary amides is 1. The molecule has 1 aliphatic heterocycles. The Hall–Kier alpha value is -2.89. The molecule has 1 atom stereocenters. The molecule has 0 aromatic heterocycles. The van der Waals surface area contributed by atoms with Crippen molar-refractivity contribution in [2.75, 3.05) is 10.6 Å². The number of hydrogen-bond donors (Lipinski definition) is 3. The van der Waals surface area contributed by atoms with Gasteiger partial charge in [-0.2, -0.15) is 0 Å². The highest BCUT2D eigenvalue weighted by molar-refractivity contribution is 6.04. The molecule has 0 aliphatic carbocycles. The first kappa shape index (κ1) is 13.1. The van der Waals surface area contributed by atoms with Crippen molar-refractivity contribution in [3.63, 3.8) is 0 Å². The van der Waals surface area contributed by atoms with Gasteiger partial charge in [0.1, 0.15) is 11.9 Å². The second kappa shape index (κ2) is 4.90. The normalized spacial score (nSPS) is 16.2. The molecular formula is C15H12FN3O2. The fourth-order valence-corrected chi connectivity index (χ4v) is 2.30. The van der Waals surface area contributed by atoms with Gasteiger partial charge in [-0.1, -0.05) is 6.07 Å². The van der Waals surface area contributed by atoms with Crippen molar-refractivity contribution in [3.8, 4) is 0 Å². The van der Waals surface area contributed by atoms with Crippen LogP contribution in [0.3, 0.4) is 0 Å². The molecule has 5 nitrogen and oxygen atoms in total. The van der Waals surface area contributed by atoms with Crippen LogP contribution in [0.1, 0.15) is 22.0 Å². The second-order valence-electron chi connectivity index (χ2n) is 4.74. The number of fused-ring (bicyclic) bond motifs is 1. The van der Waals surface area contributed by atoms with E-state index in [1.807, 2.05) is 0 Å². The van der Waals surface area contributed by atoms with Crippen LogP contribution in [0.5, 0.6) is 0 Å². The molecule has 1 aliphatic rings. The van der Waals surface area contributed by atoms with Gasteiger partial charge in [0.25, 0.3) is 5.91 Å². The highest BCUT2D eigenvalue weighted by atomic mass is 19.1. The highest BCUT2D eigenvalue weighted by Gasteiger charge is 2.30. The zero-order chi connectivity index (χ0) is 15.0. The average Bonchev–Trinajstić information content (AvgIpc) is 2.75. The van der Waals surface area contributed by atoms with E-state index in [0.29, 0.717) is 22.5 Å². The van der Waals surface area contributed by atoms with E-state index in [9.17, 15) is 14.0 Å². The number of rotatable bonds is 3. The van der Waals surface area contributed by atoms with E-state index in [4.69, 9.17) is 5.73 Å². The Bertz CT molecular complexity index is 745. The Kier molecular flexibility index (Phi) is 3.06. The molecule has 1 heterocycles. The number of nitrogens with two attached hydrogens (primary N) is 1. The van der Waals surface area contributed by atoms with Crippen LogP contribution in [0.25, 0.3) is 0 Å². The summed E-state index contributed by atoms with van der Waals surface area (Å²) in [5.74, 6) is -1.25. The van der Waals surface area contributed by atoms with Crippen LogP contribution in [-0.4, -0.2) is 11.8 Å². The molecule has 2 aromatic rings. The molecule has 0 bridgehead atoms. The lowest BCUT2D eigenvalue weighted by molar-refractivity contribution is -0.116. The summed E-state index contributed by atoms with van der Waals surface area (Å²) in [4.78, 5) is 23.1. The van der Waals surface area contributed by atoms with Crippen LogP contribution in [0, 0.1) is 5.82 Å². The third-order valence-corrected chi connectivity index (χ3v) is 3.30. The number of hydrogen-bond acceptors (Lipinski definition) is 3. The summed E-state index contributed by atoms with van der Waals surface area (Å²) >= 11 is 0. The largest absolute Gasteiger partial charge is 0.370 e. The van der Waals surface area contributed by atoms with E-state index in [1.165, 1.54) is 18.2 Å². The van der Waals surface area contributed by atoms with Crippen LogP contribution in [0.4, 0.5) is 15.8 Å². The van der Waals surface area contributed by atoms with Gasteiger partial charge in [-0.05, 0) is 36.4 Å². The summed E-state index contributed by atoms with van der Waals surface area (Å²) in [5.41, 5.74) is 7.22. The average molecular weight is 285 g/mol. The summed E-state index contributed by atoms with van der Waals surface area (Å²) in [6.07, 6.45) is 0. The van der Waals surface area contributed by atoms with Gasteiger partial charge in [0.2, 0.25) is 5.91 Å². The predicted molar refractivity (Wildman–Crippen MR) is 76.4 cm³/mol. The predicted octanol–water partition coefficient (Wildman–Crippen LogP) is 2.03. The van der Waals surface area contributed by atoms with Gasteiger partial charge >= 0.3 is 0 Å². The summed E-state index contributed by atoms with van der Waals surface area (Å²) in [5, 5.41) is 5.66. The first-order chi connectivity index (χ1) is 10.0. The molecule has 2 amide bonds. The van der Waals surface area contributed by atoms with Crippen molar-refractivity contribution in [2.24, 2.45) is 5.73 Å². The van der Waals surface area contributed by atoms with Crippen molar-refractivity contribution < 1.29 is 14.0 Å². The quantitative estimate of drug-likeness (QED) is 0.806. The van der Waals surface area contributed by atoms with Crippen molar-refractivity contribution in [2.45, 2.75) is 6.04 Å². The van der Waals surface area contributed by atoms with E-state index in [-0.39, 0.29) is 5.91 Å². The van der Waals surface area contributed by atoms with Gasteiger partial charge in [0, 0.05) is 22.5 Å². The third-order valence-electron chi connectivity index (χ3n) is 3.30. The smallest absolute Gasteiger partial charge is 0.251 e. The van der Waals surface area contributed by atoms with Crippen LogP contribution in [0.15, 0.2) is 42.5 Å². The first-order valence-corrected chi connectivity index (χ1v) is 6.31. The molecule has 0 saturated carbocycles. The summed E-state index contributed by atoms with van der Waals surface area (Å²) in [6.45, 7) is 0. The zero-order valence-electron chi connectivity index (χ0n) is 10.9. The third kappa shape index (κ3) is 2.43. The topological polar surface area (TPSA) is 84.2 Å². The Morgan fingerprint density at radius 3 is 2.81 bits per heavy atom. The van der Waals surface area contributed by atoms with Crippen molar-refractivity contribution in [1.82, 2.24) is 0 Å². The number of benzene rings is 2. The first-order valence-electron chi connectivity index (χ1n) is 6.31. The lowest BCUT2D eigenvalue weighted by atomic mass is 10.1. The minimum atomic E-state index is -0.709. The van der Waals surface area contributed by atoms with Crippen LogP contribution in [-0.2, 0) is 4.79 Å². The molecule has 106 valence electrons. The van der Waals surface area contributed by atoms with Crippen LogP contribution >= 0.6 is 0 Å². The summed E-state index contributed by atoms with van der Waals surface area (Å²) < 4.78 is 13.3. The number of carbonyl (C=O) groups is 2. The number of amides is 2. The molecule has 0 spiro atoms. The fourth-order valence-electron chi connectivity index (χ4n) is 2.30. The van der Waals surface area contributed by atoms with E-state index in [1.54, 1.807) is 24.3 Å². The Balaban J connectivity index is 1.92.